The zero-order valence-corrected chi connectivity index (χ0v) is 48.2. The van der Waals surface area contributed by atoms with Crippen LogP contribution in [0.2, 0.25) is 15.1 Å². The predicted octanol–water partition coefficient (Wildman–Crippen LogP) is 17.4. The summed E-state index contributed by atoms with van der Waals surface area (Å²) in [6, 6.07) is 80.2. The van der Waals surface area contributed by atoms with Gasteiger partial charge in [-0.05, 0) is 139 Å². The van der Waals surface area contributed by atoms with E-state index in [1.165, 1.54) is 24.3 Å². The molecular formula is C64H48Cl3FO7W2. The van der Waals surface area contributed by atoms with Crippen LogP contribution in [0.5, 0.6) is 40.2 Å². The Morgan fingerprint density at radius 2 is 0.636 bits per heavy atom. The van der Waals surface area contributed by atoms with E-state index in [1.54, 1.807) is 133 Å². The van der Waals surface area contributed by atoms with Crippen molar-refractivity contribution in [3.05, 3.63) is 316 Å². The van der Waals surface area contributed by atoms with Gasteiger partial charge in [0.1, 0.15) is 29.7 Å². The number of carbonyl (C=O) groups is 2. The second kappa shape index (κ2) is 35.1. The maximum Gasteiger partial charge on any atom is 2.00 e. The van der Waals surface area contributed by atoms with Crippen molar-refractivity contribution >= 4 is 46.4 Å². The van der Waals surface area contributed by atoms with Crippen LogP contribution in [0, 0.1) is 30.1 Å². The number of ether oxygens (including phenoxy) is 3. The molecule has 0 unspecified atom stereocenters. The number of halogens is 4. The molecule has 13 heteroatoms. The molecule has 0 aromatic heterocycles. The van der Waals surface area contributed by atoms with Gasteiger partial charge in [-0.2, -0.15) is 72.8 Å². The van der Waals surface area contributed by atoms with E-state index in [4.69, 9.17) is 59.2 Å². The molecule has 0 atom stereocenters. The van der Waals surface area contributed by atoms with Gasteiger partial charge in [0.05, 0.1) is 0 Å². The van der Waals surface area contributed by atoms with Gasteiger partial charge in [0, 0.05) is 60.3 Å². The topological polar surface area (TPSA) is 102 Å². The third-order valence-electron chi connectivity index (χ3n) is 9.83. The molecule has 0 aliphatic rings. The number of rotatable bonds is 11. The van der Waals surface area contributed by atoms with E-state index >= 15 is 0 Å². The summed E-state index contributed by atoms with van der Waals surface area (Å²) in [5, 5.41) is 19.1. The van der Waals surface area contributed by atoms with Crippen LogP contribution in [0.3, 0.4) is 0 Å². The number of benzene rings is 10. The molecule has 0 radical (unpaired) electrons. The summed E-state index contributed by atoms with van der Waals surface area (Å²) in [4.78, 5) is 24.2. The Morgan fingerprint density at radius 3 is 0.961 bits per heavy atom. The Morgan fingerprint density at radius 1 is 0.377 bits per heavy atom. The molecule has 0 heterocycles. The molecule has 10 aromatic carbocycles. The summed E-state index contributed by atoms with van der Waals surface area (Å²) < 4.78 is 29.8. The number of ketones is 2. The fourth-order valence-electron chi connectivity index (χ4n) is 6.07. The molecular weight excluding hydrogens is 1370 g/mol. The van der Waals surface area contributed by atoms with Crippen molar-refractivity contribution in [3.8, 4) is 40.2 Å². The minimum absolute atomic E-state index is 0. The molecule has 0 spiro atoms. The van der Waals surface area contributed by atoms with E-state index in [9.17, 15) is 14.0 Å². The molecule has 2 N–H and O–H groups in total. The van der Waals surface area contributed by atoms with E-state index in [0.717, 1.165) is 28.6 Å². The molecule has 7 nitrogen and oxygen atoms in total. The van der Waals surface area contributed by atoms with Crippen LogP contribution in [0.4, 0.5) is 4.39 Å². The Kier molecular flexibility index (Phi) is 29.2. The second-order valence-corrected chi connectivity index (χ2v) is 16.6. The minimum Gasteiger partial charge on any atom is -0.533 e. The van der Waals surface area contributed by atoms with Crippen molar-refractivity contribution < 1.29 is 80.5 Å². The van der Waals surface area contributed by atoms with Crippen LogP contribution < -0.4 is 14.2 Å². The van der Waals surface area contributed by atoms with Crippen molar-refractivity contribution in [3.63, 3.8) is 0 Å². The SMILES string of the molecule is C.Clc1ccc(OCc2ccc(Oc3cc[c-]cc3)cc2)cc1.O=C(c1ccc(Cl)cc1)c1ccc(Oc2cc[c-]cc2)cc1.O=C(c1ccc(F)cc1)c1ccc(Cl)cc1.Oc1cc[c-]cc1.Oc1cc[c-]cc1.[W+2].[W+2]. The normalized spacial score (nSPS) is 9.51. The number of carbonyl (C=O) groups excluding carboxylic acids is 2. The summed E-state index contributed by atoms with van der Waals surface area (Å²) in [6.45, 7) is 0.502. The third-order valence-corrected chi connectivity index (χ3v) is 10.6. The molecule has 0 saturated heterocycles. The van der Waals surface area contributed by atoms with Gasteiger partial charge < -0.3 is 24.4 Å². The van der Waals surface area contributed by atoms with Crippen molar-refractivity contribution in [1.29, 1.82) is 0 Å². The van der Waals surface area contributed by atoms with Gasteiger partial charge in [-0.15, -0.1) is 48.5 Å². The van der Waals surface area contributed by atoms with Gasteiger partial charge >= 0.3 is 42.1 Å². The maximum atomic E-state index is 12.7. The zero-order chi connectivity index (χ0) is 52.3. The third kappa shape index (κ3) is 23.7. The molecule has 0 saturated carbocycles. The van der Waals surface area contributed by atoms with Crippen LogP contribution in [0.15, 0.2) is 243 Å². The smallest absolute Gasteiger partial charge is 0.533 e. The monoisotopic (exact) mass is 1420 g/mol. The summed E-state index contributed by atoms with van der Waals surface area (Å²) in [6.07, 6.45) is 0. The van der Waals surface area contributed by atoms with E-state index in [2.05, 4.69) is 24.3 Å². The Bertz CT molecular complexity index is 3120. The summed E-state index contributed by atoms with van der Waals surface area (Å²) in [5.41, 5.74) is 3.29. The average molecular weight is 1420 g/mol. The van der Waals surface area contributed by atoms with Crippen LogP contribution in [0.1, 0.15) is 44.8 Å². The van der Waals surface area contributed by atoms with E-state index in [0.29, 0.717) is 61.2 Å². The molecule has 77 heavy (non-hydrogen) atoms. The van der Waals surface area contributed by atoms with Crippen LogP contribution in [0.25, 0.3) is 0 Å². The van der Waals surface area contributed by atoms with Gasteiger partial charge in [-0.25, -0.2) is 4.39 Å². The van der Waals surface area contributed by atoms with E-state index in [1.807, 2.05) is 84.9 Å². The quantitative estimate of drug-likeness (QED) is 0.0982. The largest absolute Gasteiger partial charge is 2.00 e. The fraction of sp³-hybridized carbons (Fsp3) is 0.0312. The average Bonchev–Trinajstić information content (AvgIpc) is 3.43. The van der Waals surface area contributed by atoms with Crippen LogP contribution in [-0.4, -0.2) is 21.8 Å². The molecule has 0 aliphatic heterocycles. The number of hydrogen-bond acceptors (Lipinski definition) is 7. The summed E-state index contributed by atoms with van der Waals surface area (Å²) in [5.74, 6) is 3.84. The Hall–Kier alpha value is -7.28. The minimum atomic E-state index is -0.354. The number of hydrogen-bond donors (Lipinski definition) is 2. The number of phenolic OH excluding ortho intramolecular Hbond substituents is 2. The van der Waals surface area contributed by atoms with Crippen molar-refractivity contribution in [2.24, 2.45) is 0 Å². The van der Waals surface area contributed by atoms with Gasteiger partial charge in [-0.3, -0.25) is 9.59 Å². The van der Waals surface area contributed by atoms with Crippen molar-refractivity contribution in [1.82, 2.24) is 0 Å². The Balaban J connectivity index is 0.000000267. The molecule has 0 bridgehead atoms. The van der Waals surface area contributed by atoms with Gasteiger partial charge in [0.25, 0.3) is 0 Å². The molecule has 10 rings (SSSR count). The first-order valence-corrected chi connectivity index (χ1v) is 23.6. The molecule has 386 valence electrons. The predicted molar refractivity (Wildman–Crippen MR) is 296 cm³/mol. The Labute approximate surface area is 493 Å². The first kappa shape index (κ1) is 64.0. The van der Waals surface area contributed by atoms with Gasteiger partial charge in [0.15, 0.2) is 11.6 Å². The molecule has 0 aliphatic carbocycles. The number of phenols is 2. The molecule has 0 fully saturated rings. The van der Waals surface area contributed by atoms with Crippen molar-refractivity contribution in [2.75, 3.05) is 0 Å². The van der Waals surface area contributed by atoms with E-state index in [-0.39, 0.29) is 66.9 Å². The zero-order valence-electron chi connectivity index (χ0n) is 40.1. The van der Waals surface area contributed by atoms with Crippen molar-refractivity contribution in [2.45, 2.75) is 14.0 Å². The second-order valence-electron chi connectivity index (χ2n) is 15.3. The first-order valence-electron chi connectivity index (χ1n) is 22.5. The fourth-order valence-corrected chi connectivity index (χ4v) is 6.45. The molecule has 10 aromatic rings. The molecule has 0 amide bonds. The van der Waals surface area contributed by atoms with Crippen LogP contribution >= 0.6 is 34.8 Å². The summed E-state index contributed by atoms with van der Waals surface area (Å²) in [7, 11) is 0. The standard InChI is InChI=1S/C19H14ClO2.C19H12ClO2.C13H8ClFO.2C6H5O.CH4.2W/c20-16-8-12-17(13-9-16)21-14-15-6-10-19(11-7-15)22-18-4-2-1-3-5-18;20-16-10-6-14(7-11-16)19(21)15-8-12-18(13-9-15)22-17-4-2-1-3-5-17;14-11-5-1-9(2-6-11)13(16)10-3-7-12(15)8-4-10;2*7-6-4-2-1-3-5-6;;;/h2-13H,14H2;2-13H;1-8H;2*2-5,7H;1H4;;/q2*-1;;2*-1;;2*+2. The maximum absolute atomic E-state index is 12.7. The van der Waals surface area contributed by atoms with Gasteiger partial charge in [0.2, 0.25) is 0 Å². The number of aromatic hydroxyl groups is 2. The van der Waals surface area contributed by atoms with Crippen LogP contribution in [-0.2, 0) is 48.7 Å². The first-order chi connectivity index (χ1) is 36.0. The van der Waals surface area contributed by atoms with E-state index < -0.39 is 0 Å². The summed E-state index contributed by atoms with van der Waals surface area (Å²) >= 11 is 17.4. The van der Waals surface area contributed by atoms with Gasteiger partial charge in [-0.1, -0.05) is 54.4 Å².